The van der Waals surface area contributed by atoms with Crippen molar-refractivity contribution in [2.75, 3.05) is 5.73 Å². The topological polar surface area (TPSA) is 81.1 Å². The number of benzene rings is 1. The summed E-state index contributed by atoms with van der Waals surface area (Å²) in [5.74, 6) is 4.08. The maximum Gasteiger partial charge on any atom is 0.268 e. The molecule has 0 bridgehead atoms. The molecule has 0 spiro atoms. The Kier molecular flexibility index (Phi) is 3.51. The van der Waals surface area contributed by atoms with E-state index in [2.05, 4.69) is 0 Å². The van der Waals surface area contributed by atoms with Gasteiger partial charge in [-0.05, 0) is 17.7 Å². The number of hydrogen-bond acceptors (Lipinski definition) is 4. The van der Waals surface area contributed by atoms with Gasteiger partial charge in [0.25, 0.3) is 5.91 Å². The number of nitrogens with one attached hydrogen (secondary N) is 1. The second kappa shape index (κ2) is 4.93. The van der Waals surface area contributed by atoms with Crippen molar-refractivity contribution in [3.05, 3.63) is 40.0 Å². The second-order valence-corrected chi connectivity index (χ2v) is 4.81. The normalized spacial score (nSPS) is 10.4. The third-order valence-corrected chi connectivity index (χ3v) is 3.51. The van der Waals surface area contributed by atoms with E-state index in [1.165, 1.54) is 29.5 Å². The molecule has 0 aliphatic carbocycles. The lowest BCUT2D eigenvalue weighted by molar-refractivity contribution is 0.0955. The maximum absolute atomic E-state index is 13.1. The van der Waals surface area contributed by atoms with E-state index in [0.29, 0.717) is 16.1 Å². The van der Waals surface area contributed by atoms with Crippen molar-refractivity contribution in [3.8, 4) is 11.1 Å². The predicted octanol–water partition coefficient (Wildman–Crippen LogP) is 2.39. The van der Waals surface area contributed by atoms with Gasteiger partial charge in [0, 0.05) is 10.9 Å². The maximum atomic E-state index is 13.1. The Balaban J connectivity index is 2.57. The standard InChI is InChI=1S/C11H9ClFN3OS/c12-7-3-5(1-2-8(7)13)6-4-18-10(14)9(6)11(17)16-15/h1-4H,14-15H2,(H,16,17). The van der Waals surface area contributed by atoms with Crippen LogP contribution in [-0.2, 0) is 0 Å². The molecule has 0 saturated carbocycles. The third kappa shape index (κ3) is 2.17. The SMILES string of the molecule is NNC(=O)c1c(-c2ccc(F)c(Cl)c2)csc1N. The molecule has 0 aliphatic heterocycles. The third-order valence-electron chi connectivity index (χ3n) is 2.41. The molecule has 1 aromatic carbocycles. The van der Waals surface area contributed by atoms with Crippen molar-refractivity contribution in [3.63, 3.8) is 0 Å². The molecule has 94 valence electrons. The minimum absolute atomic E-state index is 0.0172. The number of hydrazine groups is 1. The Morgan fingerprint density at radius 1 is 1.44 bits per heavy atom. The van der Waals surface area contributed by atoms with Gasteiger partial charge in [0.15, 0.2) is 0 Å². The van der Waals surface area contributed by atoms with Crippen LogP contribution in [0.5, 0.6) is 0 Å². The van der Waals surface area contributed by atoms with Crippen molar-refractivity contribution in [2.24, 2.45) is 5.84 Å². The summed E-state index contributed by atoms with van der Waals surface area (Å²) in [4.78, 5) is 11.6. The molecule has 0 atom stereocenters. The number of amides is 1. The average Bonchev–Trinajstić information content (AvgIpc) is 2.74. The van der Waals surface area contributed by atoms with Crippen molar-refractivity contribution >= 4 is 33.8 Å². The van der Waals surface area contributed by atoms with Crippen LogP contribution < -0.4 is 17.0 Å². The summed E-state index contributed by atoms with van der Waals surface area (Å²) in [6.07, 6.45) is 0. The highest BCUT2D eigenvalue weighted by molar-refractivity contribution is 7.15. The van der Waals surface area contributed by atoms with Crippen LogP contribution in [0.1, 0.15) is 10.4 Å². The van der Waals surface area contributed by atoms with Crippen molar-refractivity contribution < 1.29 is 9.18 Å². The van der Waals surface area contributed by atoms with E-state index in [0.717, 1.165) is 0 Å². The molecular weight excluding hydrogens is 277 g/mol. The molecule has 0 unspecified atom stereocenters. The molecule has 1 amide bonds. The first kappa shape index (κ1) is 12.8. The van der Waals surface area contributed by atoms with Crippen LogP contribution in [0.2, 0.25) is 5.02 Å². The van der Waals surface area contributed by atoms with Crippen LogP contribution in [-0.4, -0.2) is 5.91 Å². The number of nitrogens with two attached hydrogens (primary N) is 2. The smallest absolute Gasteiger partial charge is 0.268 e. The minimum atomic E-state index is -0.520. The number of halogens is 2. The molecule has 0 saturated heterocycles. The summed E-state index contributed by atoms with van der Waals surface area (Å²) in [5.41, 5.74) is 9.19. The van der Waals surface area contributed by atoms with Gasteiger partial charge in [0.2, 0.25) is 0 Å². The average molecular weight is 286 g/mol. The summed E-state index contributed by atoms with van der Waals surface area (Å²) in [5, 5.41) is 2.02. The van der Waals surface area contributed by atoms with E-state index in [-0.39, 0.29) is 10.6 Å². The molecule has 2 aromatic rings. The number of rotatable bonds is 2. The lowest BCUT2D eigenvalue weighted by Gasteiger charge is -2.05. The first-order valence-electron chi connectivity index (χ1n) is 4.88. The zero-order chi connectivity index (χ0) is 13.3. The predicted molar refractivity (Wildman–Crippen MR) is 70.8 cm³/mol. The lowest BCUT2D eigenvalue weighted by atomic mass is 10.0. The van der Waals surface area contributed by atoms with Crippen LogP contribution in [0.15, 0.2) is 23.6 Å². The molecule has 18 heavy (non-hydrogen) atoms. The highest BCUT2D eigenvalue weighted by Crippen LogP contribution is 2.34. The van der Waals surface area contributed by atoms with E-state index in [1.807, 2.05) is 5.43 Å². The van der Waals surface area contributed by atoms with E-state index in [9.17, 15) is 9.18 Å². The zero-order valence-corrected chi connectivity index (χ0v) is 10.6. The number of nitrogen functional groups attached to an aromatic ring is 2. The largest absolute Gasteiger partial charge is 0.390 e. The van der Waals surface area contributed by atoms with Crippen LogP contribution >= 0.6 is 22.9 Å². The van der Waals surface area contributed by atoms with Gasteiger partial charge in [-0.3, -0.25) is 10.2 Å². The molecule has 1 aromatic heterocycles. The summed E-state index contributed by atoms with van der Waals surface area (Å²) >= 11 is 6.91. The number of anilines is 1. The molecule has 7 heteroatoms. The van der Waals surface area contributed by atoms with Crippen molar-refractivity contribution in [1.82, 2.24) is 5.43 Å². The van der Waals surface area contributed by atoms with Gasteiger partial charge >= 0.3 is 0 Å². The Hall–Kier alpha value is -1.63. The Morgan fingerprint density at radius 3 is 2.78 bits per heavy atom. The Bertz CT molecular complexity index is 614. The van der Waals surface area contributed by atoms with E-state index in [1.54, 1.807) is 5.38 Å². The minimum Gasteiger partial charge on any atom is -0.390 e. The molecule has 2 rings (SSSR count). The van der Waals surface area contributed by atoms with Crippen LogP contribution in [0.3, 0.4) is 0 Å². The second-order valence-electron chi connectivity index (χ2n) is 3.49. The quantitative estimate of drug-likeness (QED) is 0.450. The van der Waals surface area contributed by atoms with Crippen LogP contribution in [0, 0.1) is 5.82 Å². The van der Waals surface area contributed by atoms with Gasteiger partial charge in [-0.25, -0.2) is 10.2 Å². The van der Waals surface area contributed by atoms with Crippen LogP contribution in [0.4, 0.5) is 9.39 Å². The first-order valence-corrected chi connectivity index (χ1v) is 6.13. The molecule has 0 fully saturated rings. The van der Waals surface area contributed by atoms with Crippen LogP contribution in [0.25, 0.3) is 11.1 Å². The van der Waals surface area contributed by atoms with Gasteiger partial charge in [-0.1, -0.05) is 17.7 Å². The van der Waals surface area contributed by atoms with Gasteiger partial charge < -0.3 is 5.73 Å². The van der Waals surface area contributed by atoms with Gasteiger partial charge in [0.05, 0.1) is 15.6 Å². The number of carbonyl (C=O) groups excluding carboxylic acids is 1. The van der Waals surface area contributed by atoms with Crippen molar-refractivity contribution in [1.29, 1.82) is 0 Å². The molecule has 1 heterocycles. The van der Waals surface area contributed by atoms with Crippen molar-refractivity contribution in [2.45, 2.75) is 0 Å². The summed E-state index contributed by atoms with van der Waals surface area (Å²) in [7, 11) is 0. The van der Waals surface area contributed by atoms with E-state index >= 15 is 0 Å². The van der Waals surface area contributed by atoms with Gasteiger partial charge in [0.1, 0.15) is 5.82 Å². The summed E-state index contributed by atoms with van der Waals surface area (Å²) < 4.78 is 13.1. The summed E-state index contributed by atoms with van der Waals surface area (Å²) in [6, 6.07) is 4.19. The Morgan fingerprint density at radius 2 is 2.17 bits per heavy atom. The summed E-state index contributed by atoms with van der Waals surface area (Å²) in [6.45, 7) is 0. The number of hydrogen-bond donors (Lipinski definition) is 3. The molecule has 5 N–H and O–H groups in total. The van der Waals surface area contributed by atoms with Gasteiger partial charge in [-0.15, -0.1) is 11.3 Å². The highest BCUT2D eigenvalue weighted by Gasteiger charge is 2.18. The molecule has 4 nitrogen and oxygen atoms in total. The molecular formula is C11H9ClFN3OS. The van der Waals surface area contributed by atoms with E-state index in [4.69, 9.17) is 23.2 Å². The number of carbonyl (C=O) groups is 1. The monoisotopic (exact) mass is 285 g/mol. The fraction of sp³-hybridized carbons (Fsp3) is 0. The fourth-order valence-electron chi connectivity index (χ4n) is 1.56. The zero-order valence-electron chi connectivity index (χ0n) is 9.04. The Labute approximate surface area is 111 Å². The first-order chi connectivity index (χ1) is 8.54. The molecule has 0 radical (unpaired) electrons. The molecule has 0 aliphatic rings. The fourth-order valence-corrected chi connectivity index (χ4v) is 2.56. The lowest BCUT2D eigenvalue weighted by Crippen LogP contribution is -2.30. The van der Waals surface area contributed by atoms with E-state index < -0.39 is 11.7 Å². The number of thiophene rings is 1. The van der Waals surface area contributed by atoms with Gasteiger partial charge in [-0.2, -0.15) is 0 Å². The highest BCUT2D eigenvalue weighted by atomic mass is 35.5.